The quantitative estimate of drug-likeness (QED) is 0.715. The van der Waals surface area contributed by atoms with Gasteiger partial charge in [0.05, 0.1) is 0 Å². The van der Waals surface area contributed by atoms with Crippen LogP contribution in [-0.4, -0.2) is 26.3 Å². The van der Waals surface area contributed by atoms with Crippen molar-refractivity contribution >= 4 is 40.7 Å². The van der Waals surface area contributed by atoms with Gasteiger partial charge >= 0.3 is 113 Å². The normalized spacial score (nSPS) is 14.1. The number of benzene rings is 1. The summed E-state index contributed by atoms with van der Waals surface area (Å²) in [6.07, 6.45) is 1.47. The first-order valence-corrected chi connectivity index (χ1v) is 11.1. The molecule has 2 unspecified atom stereocenters. The van der Waals surface area contributed by atoms with Crippen molar-refractivity contribution in [3.63, 3.8) is 0 Å². The van der Waals surface area contributed by atoms with Crippen LogP contribution in [0.25, 0.3) is 0 Å². The molecular formula is C14H25BrNOSn. The average Bonchev–Trinajstić information content (AvgIpc) is 2.35. The van der Waals surface area contributed by atoms with Crippen LogP contribution in [0.2, 0.25) is 4.44 Å². The van der Waals surface area contributed by atoms with Crippen molar-refractivity contribution in [2.45, 2.75) is 50.7 Å². The van der Waals surface area contributed by atoms with E-state index >= 15 is 0 Å². The third-order valence-corrected chi connectivity index (χ3v) is 9.80. The Balaban J connectivity index is 0.00000289. The molecule has 0 fully saturated rings. The molecule has 18 heavy (non-hydrogen) atoms. The van der Waals surface area contributed by atoms with E-state index in [0.29, 0.717) is 6.10 Å². The molecule has 1 aromatic rings. The second kappa shape index (κ2) is 9.34. The number of halogens is 1. The van der Waals surface area contributed by atoms with E-state index in [1.165, 1.54) is 13.6 Å². The molecule has 0 amide bonds. The van der Waals surface area contributed by atoms with Crippen LogP contribution in [0.4, 0.5) is 0 Å². The molecule has 0 aliphatic heterocycles. The summed E-state index contributed by atoms with van der Waals surface area (Å²) >= 11 is -1.94. The summed E-state index contributed by atoms with van der Waals surface area (Å²) in [5, 5.41) is 0. The first-order valence-electron chi connectivity index (χ1n) is 6.47. The van der Waals surface area contributed by atoms with Gasteiger partial charge in [0, 0.05) is 0 Å². The molecule has 0 saturated carbocycles. The molecule has 1 aromatic carbocycles. The Labute approximate surface area is 129 Å². The summed E-state index contributed by atoms with van der Waals surface area (Å²) in [5.74, 6) is 0. The zero-order valence-corrected chi connectivity index (χ0v) is 16.3. The minimum atomic E-state index is -1.94. The second-order valence-electron chi connectivity index (χ2n) is 4.49. The Morgan fingerprint density at radius 3 is 2.33 bits per heavy atom. The van der Waals surface area contributed by atoms with Gasteiger partial charge in [0.2, 0.25) is 0 Å². The fourth-order valence-electron chi connectivity index (χ4n) is 1.81. The van der Waals surface area contributed by atoms with Crippen molar-refractivity contribution < 1.29 is 3.07 Å². The Hall–Kier alpha value is 0.419. The van der Waals surface area contributed by atoms with E-state index in [-0.39, 0.29) is 23.0 Å². The third kappa shape index (κ3) is 5.19. The zero-order valence-electron chi connectivity index (χ0n) is 11.8. The number of hydrogen-bond donors (Lipinski definition) is 1. The zero-order chi connectivity index (χ0) is 12.8. The summed E-state index contributed by atoms with van der Waals surface area (Å²) in [4.78, 5) is 0. The molecule has 0 aliphatic carbocycles. The third-order valence-electron chi connectivity index (χ3n) is 2.99. The predicted octanol–water partition coefficient (Wildman–Crippen LogP) is 3.32. The topological polar surface area (TPSA) is 35.2 Å². The van der Waals surface area contributed by atoms with Gasteiger partial charge in [-0.15, -0.1) is 17.0 Å². The minimum absolute atomic E-state index is 0. The van der Waals surface area contributed by atoms with Crippen molar-refractivity contribution in [1.82, 2.24) is 0 Å². The van der Waals surface area contributed by atoms with E-state index in [4.69, 9.17) is 8.81 Å². The van der Waals surface area contributed by atoms with Gasteiger partial charge in [-0.3, -0.25) is 0 Å². The van der Waals surface area contributed by atoms with Gasteiger partial charge in [-0.1, -0.05) is 0 Å². The van der Waals surface area contributed by atoms with E-state index in [1.54, 1.807) is 0 Å². The molecule has 2 atom stereocenters. The second-order valence-corrected chi connectivity index (χ2v) is 11.1. The van der Waals surface area contributed by atoms with Crippen LogP contribution in [0.15, 0.2) is 24.3 Å². The molecule has 4 heteroatoms. The van der Waals surface area contributed by atoms with Gasteiger partial charge in [-0.05, 0) is 0 Å². The molecule has 0 bridgehead atoms. The van der Waals surface area contributed by atoms with Gasteiger partial charge in [-0.2, -0.15) is 0 Å². The number of hydrogen-bond acceptors (Lipinski definition) is 2. The average molecular weight is 422 g/mol. The van der Waals surface area contributed by atoms with Crippen molar-refractivity contribution in [2.24, 2.45) is 5.73 Å². The SMILES string of the molecule is Br.CCC(C)[O][Sn]([CH2]C)[c]1ccccc1C(C)N. The Morgan fingerprint density at radius 1 is 1.22 bits per heavy atom. The van der Waals surface area contributed by atoms with E-state index in [0.717, 1.165) is 6.42 Å². The Bertz CT molecular complexity index is 346. The van der Waals surface area contributed by atoms with Crippen LogP contribution in [0, 0.1) is 0 Å². The maximum atomic E-state index is 6.27. The van der Waals surface area contributed by atoms with Crippen LogP contribution < -0.4 is 9.31 Å². The molecule has 0 spiro atoms. The Kier molecular flexibility index (Phi) is 9.56. The molecule has 0 aromatic heterocycles. The Morgan fingerprint density at radius 2 is 1.83 bits per heavy atom. The predicted molar refractivity (Wildman–Crippen MR) is 86.1 cm³/mol. The molecular weight excluding hydrogens is 397 g/mol. The van der Waals surface area contributed by atoms with Crippen molar-refractivity contribution in [3.8, 4) is 0 Å². The van der Waals surface area contributed by atoms with E-state index in [9.17, 15) is 0 Å². The summed E-state index contributed by atoms with van der Waals surface area (Å²) in [7, 11) is 0. The molecule has 0 aliphatic rings. The summed E-state index contributed by atoms with van der Waals surface area (Å²) in [6.45, 7) is 8.65. The van der Waals surface area contributed by atoms with Crippen molar-refractivity contribution in [1.29, 1.82) is 0 Å². The number of nitrogens with two attached hydrogens (primary N) is 1. The molecule has 1 radical (unpaired) electrons. The molecule has 1 rings (SSSR count). The van der Waals surface area contributed by atoms with Crippen LogP contribution in [0.1, 0.15) is 45.7 Å². The first-order chi connectivity index (χ1) is 8.10. The molecule has 2 N–H and O–H groups in total. The van der Waals surface area contributed by atoms with Crippen LogP contribution in [0.3, 0.4) is 0 Å². The first kappa shape index (κ1) is 18.4. The molecule has 0 saturated heterocycles. The monoisotopic (exact) mass is 422 g/mol. The van der Waals surface area contributed by atoms with Crippen LogP contribution in [0.5, 0.6) is 0 Å². The molecule has 103 valence electrons. The van der Waals surface area contributed by atoms with E-state index < -0.39 is 20.2 Å². The summed E-state index contributed by atoms with van der Waals surface area (Å²) in [6, 6.07) is 8.66. The summed E-state index contributed by atoms with van der Waals surface area (Å²) < 4.78 is 8.88. The van der Waals surface area contributed by atoms with Gasteiger partial charge in [0.15, 0.2) is 0 Å². The van der Waals surface area contributed by atoms with Gasteiger partial charge < -0.3 is 0 Å². The van der Waals surface area contributed by atoms with Crippen molar-refractivity contribution in [3.05, 3.63) is 29.8 Å². The summed E-state index contributed by atoms with van der Waals surface area (Å²) in [5.41, 5.74) is 7.33. The van der Waals surface area contributed by atoms with Crippen LogP contribution in [-0.2, 0) is 3.07 Å². The fourth-order valence-corrected chi connectivity index (χ4v) is 8.21. The standard InChI is InChI=1S/C8H10N.C4H9O.C2H5.BrH.Sn/c1-7(9)8-5-3-2-4-6-8;1-3-4(2)5;1-2;;/h2-5,7H,9H2,1H3;4H,3H2,1-2H3;1H2,2H3;1H;/q;-1;;;+1. The molecule has 2 nitrogen and oxygen atoms in total. The van der Waals surface area contributed by atoms with Gasteiger partial charge in [-0.25, -0.2) is 0 Å². The number of rotatable bonds is 6. The van der Waals surface area contributed by atoms with Crippen LogP contribution >= 0.6 is 17.0 Å². The van der Waals surface area contributed by atoms with Gasteiger partial charge in [0.25, 0.3) is 0 Å². The van der Waals surface area contributed by atoms with Crippen molar-refractivity contribution in [2.75, 3.05) is 0 Å². The van der Waals surface area contributed by atoms with Gasteiger partial charge in [0.1, 0.15) is 0 Å². The maximum absolute atomic E-state index is 6.27. The van der Waals surface area contributed by atoms with E-state index in [2.05, 4.69) is 52.0 Å². The fraction of sp³-hybridized carbons (Fsp3) is 0.571. The molecule has 0 heterocycles. The van der Waals surface area contributed by atoms with E-state index in [1.807, 2.05) is 0 Å².